The topological polar surface area (TPSA) is 0 Å². The summed E-state index contributed by atoms with van der Waals surface area (Å²) in [4.78, 5) is 0. The number of hydrogen-bond acceptors (Lipinski definition) is 0. The summed E-state index contributed by atoms with van der Waals surface area (Å²) < 4.78 is 0. The number of hydrogen-bond donors (Lipinski definition) is 0. The summed E-state index contributed by atoms with van der Waals surface area (Å²) in [6, 6.07) is 0. The average molecular weight is 287 g/mol. The molecule has 0 N–H and O–H groups in total. The molecule has 0 aromatic rings. The van der Waals surface area contributed by atoms with Crippen molar-refractivity contribution in [3.63, 3.8) is 0 Å². The van der Waals surface area contributed by atoms with Gasteiger partial charge in [-0.25, -0.2) is 0 Å². The molecule has 0 saturated carbocycles. The van der Waals surface area contributed by atoms with Gasteiger partial charge in [0, 0.05) is 0 Å². The van der Waals surface area contributed by atoms with E-state index in [2.05, 4.69) is 46.2 Å². The number of rotatable bonds is 5. The van der Waals surface area contributed by atoms with Crippen molar-refractivity contribution in [3.8, 4) is 0 Å². The van der Waals surface area contributed by atoms with E-state index in [1.807, 2.05) is 46.8 Å². The van der Waals surface area contributed by atoms with Gasteiger partial charge < -0.3 is 0 Å². The summed E-state index contributed by atoms with van der Waals surface area (Å²) in [5.74, 6) is 0. The van der Waals surface area contributed by atoms with Gasteiger partial charge in [-0.1, -0.05) is 75.1 Å². The van der Waals surface area contributed by atoms with Crippen molar-refractivity contribution in [3.05, 3.63) is 84.6 Å². The molecule has 0 heterocycles. The van der Waals surface area contributed by atoms with E-state index in [1.54, 1.807) is 12.2 Å². The van der Waals surface area contributed by atoms with E-state index in [-0.39, 0.29) is 0 Å². The van der Waals surface area contributed by atoms with Gasteiger partial charge >= 0.3 is 0 Å². The molecular formula is C21H34. The Hall–Kier alpha value is -1.82. The lowest BCUT2D eigenvalue weighted by atomic mass is 9.98. The third-order valence-electron chi connectivity index (χ3n) is 2.40. The van der Waals surface area contributed by atoms with Crippen LogP contribution < -0.4 is 0 Å². The van der Waals surface area contributed by atoms with Crippen LogP contribution >= 0.6 is 0 Å². The second kappa shape index (κ2) is 16.2. The molecule has 0 unspecified atom stereocenters. The Kier molecular flexibility index (Phi) is 18.7. The van der Waals surface area contributed by atoms with Crippen LogP contribution in [-0.2, 0) is 0 Å². The van der Waals surface area contributed by atoms with Crippen molar-refractivity contribution < 1.29 is 0 Å². The van der Waals surface area contributed by atoms with E-state index in [4.69, 9.17) is 0 Å². The smallest absolute Gasteiger partial charge is 0.0201 e. The molecule has 0 aromatic heterocycles. The molecule has 118 valence electrons. The van der Waals surface area contributed by atoms with E-state index in [9.17, 15) is 0 Å². The lowest BCUT2D eigenvalue weighted by Gasteiger charge is -2.07. The Balaban J connectivity index is -0.000000569. The van der Waals surface area contributed by atoms with E-state index in [1.165, 1.54) is 16.7 Å². The SMILES string of the molecule is C=C/C=C/C(C)=C(\C=C(/C)C(=C)C)C(=C)C.C=CC.CC. The molecular weight excluding hydrogens is 252 g/mol. The molecule has 0 radical (unpaired) electrons. The first kappa shape index (κ1) is 24.2. The minimum absolute atomic E-state index is 1.06. The summed E-state index contributed by atoms with van der Waals surface area (Å²) in [5.41, 5.74) is 5.68. The average Bonchev–Trinajstić information content (AvgIpc) is 2.44. The summed E-state index contributed by atoms with van der Waals surface area (Å²) in [7, 11) is 0. The second-order valence-electron chi connectivity index (χ2n) is 4.49. The minimum atomic E-state index is 1.06. The lowest BCUT2D eigenvalue weighted by Crippen LogP contribution is -1.88. The fraction of sp³-hybridized carbons (Fsp3) is 0.333. The fourth-order valence-electron chi connectivity index (χ4n) is 1.22. The molecule has 0 bridgehead atoms. The van der Waals surface area contributed by atoms with Crippen LogP contribution in [0.15, 0.2) is 84.6 Å². The molecule has 0 aromatic carbocycles. The maximum absolute atomic E-state index is 4.01. The van der Waals surface area contributed by atoms with Crippen LogP contribution in [0.4, 0.5) is 0 Å². The van der Waals surface area contributed by atoms with Crippen molar-refractivity contribution in [2.75, 3.05) is 0 Å². The maximum Gasteiger partial charge on any atom is -0.0201 e. The Bertz CT molecular complexity index is 423. The Morgan fingerprint density at radius 3 is 1.57 bits per heavy atom. The highest BCUT2D eigenvalue weighted by molar-refractivity contribution is 5.48. The Labute approximate surface area is 133 Å². The van der Waals surface area contributed by atoms with Gasteiger partial charge in [0.2, 0.25) is 0 Å². The molecule has 0 aliphatic carbocycles. The van der Waals surface area contributed by atoms with Crippen LogP contribution in [0, 0.1) is 0 Å². The quantitative estimate of drug-likeness (QED) is 0.366. The molecule has 0 atom stereocenters. The largest absolute Gasteiger partial charge is 0.103 e. The monoisotopic (exact) mass is 286 g/mol. The van der Waals surface area contributed by atoms with Crippen LogP contribution in [0.5, 0.6) is 0 Å². The molecule has 0 nitrogen and oxygen atoms in total. The van der Waals surface area contributed by atoms with Crippen LogP contribution in [0.2, 0.25) is 0 Å². The van der Waals surface area contributed by atoms with Crippen molar-refractivity contribution in [2.45, 2.75) is 48.5 Å². The number of allylic oxidation sites excluding steroid dienone is 10. The molecule has 0 spiro atoms. The molecule has 0 aliphatic rings. The summed E-state index contributed by atoms with van der Waals surface area (Å²) in [5, 5.41) is 0. The molecule has 0 amide bonds. The summed E-state index contributed by atoms with van der Waals surface area (Å²) >= 11 is 0. The zero-order valence-corrected chi connectivity index (χ0v) is 15.2. The van der Waals surface area contributed by atoms with Crippen molar-refractivity contribution in [1.82, 2.24) is 0 Å². The van der Waals surface area contributed by atoms with Crippen molar-refractivity contribution in [1.29, 1.82) is 0 Å². The van der Waals surface area contributed by atoms with E-state index in [0.29, 0.717) is 0 Å². The van der Waals surface area contributed by atoms with Crippen LogP contribution in [0.1, 0.15) is 48.5 Å². The van der Waals surface area contributed by atoms with Crippen molar-refractivity contribution >= 4 is 0 Å². The third kappa shape index (κ3) is 14.4. The van der Waals surface area contributed by atoms with Gasteiger partial charge in [-0.2, -0.15) is 0 Å². The van der Waals surface area contributed by atoms with Gasteiger partial charge in [0.1, 0.15) is 0 Å². The highest BCUT2D eigenvalue weighted by Crippen LogP contribution is 2.19. The summed E-state index contributed by atoms with van der Waals surface area (Å²) in [6.07, 6.45) is 9.63. The summed E-state index contributed by atoms with van der Waals surface area (Å²) in [6.45, 7) is 29.0. The normalized spacial score (nSPS) is 11.3. The second-order valence-corrected chi connectivity index (χ2v) is 4.49. The predicted molar refractivity (Wildman–Crippen MR) is 103 cm³/mol. The molecule has 21 heavy (non-hydrogen) atoms. The predicted octanol–water partition coefficient (Wildman–Crippen LogP) is 7.36. The fourth-order valence-corrected chi connectivity index (χ4v) is 1.22. The van der Waals surface area contributed by atoms with Crippen molar-refractivity contribution in [2.24, 2.45) is 0 Å². The standard InChI is InChI=1S/C16H22.C3H6.C2H6/c1-8-9-10-14(6)16(13(4)5)11-15(7)12(2)3;1-3-2;1-2/h8-11H,1-2,4H2,3,5-7H3;3H,1H2,2H3;1-2H3/b10-9+,15-11+,16-14+;;. The molecule has 0 aliphatic heterocycles. The lowest BCUT2D eigenvalue weighted by molar-refractivity contribution is 1.30. The first-order valence-corrected chi connectivity index (χ1v) is 7.38. The van der Waals surface area contributed by atoms with Crippen LogP contribution in [0.3, 0.4) is 0 Å². The highest BCUT2D eigenvalue weighted by Gasteiger charge is 2.00. The first-order valence-electron chi connectivity index (χ1n) is 7.38. The Morgan fingerprint density at radius 2 is 1.29 bits per heavy atom. The molecule has 0 rings (SSSR count). The van der Waals surface area contributed by atoms with Gasteiger partial charge in [0.05, 0.1) is 0 Å². The maximum atomic E-state index is 4.01. The van der Waals surface area contributed by atoms with Gasteiger partial charge in [-0.15, -0.1) is 6.58 Å². The Morgan fingerprint density at radius 1 is 0.857 bits per heavy atom. The zero-order valence-electron chi connectivity index (χ0n) is 15.2. The molecule has 0 heteroatoms. The van der Waals surface area contributed by atoms with Crippen LogP contribution in [0.25, 0.3) is 0 Å². The van der Waals surface area contributed by atoms with E-state index in [0.717, 1.165) is 11.1 Å². The third-order valence-corrected chi connectivity index (χ3v) is 2.40. The van der Waals surface area contributed by atoms with Gasteiger partial charge in [0.15, 0.2) is 0 Å². The molecule has 0 fully saturated rings. The van der Waals surface area contributed by atoms with E-state index >= 15 is 0 Å². The van der Waals surface area contributed by atoms with Gasteiger partial charge in [-0.05, 0) is 51.3 Å². The van der Waals surface area contributed by atoms with Crippen LogP contribution in [-0.4, -0.2) is 0 Å². The van der Waals surface area contributed by atoms with Gasteiger partial charge in [0.25, 0.3) is 0 Å². The zero-order chi connectivity index (χ0) is 17.4. The van der Waals surface area contributed by atoms with Gasteiger partial charge in [-0.3, -0.25) is 0 Å². The van der Waals surface area contributed by atoms with E-state index < -0.39 is 0 Å². The molecule has 0 saturated heterocycles. The highest BCUT2D eigenvalue weighted by atomic mass is 14.0. The first-order chi connectivity index (χ1) is 9.81. The minimum Gasteiger partial charge on any atom is -0.103 e.